The van der Waals surface area contributed by atoms with Crippen LogP contribution in [0.3, 0.4) is 0 Å². The van der Waals surface area contributed by atoms with Crippen molar-refractivity contribution in [2.45, 2.75) is 6.54 Å². The summed E-state index contributed by atoms with van der Waals surface area (Å²) in [5, 5.41) is 2.98. The summed E-state index contributed by atoms with van der Waals surface area (Å²) >= 11 is 11.2. The number of anilines is 1. The first-order chi connectivity index (χ1) is 17.8. The van der Waals surface area contributed by atoms with Gasteiger partial charge >= 0.3 is 0 Å². The highest BCUT2D eigenvalue weighted by Gasteiger charge is 2.36. The third-order valence-electron chi connectivity index (χ3n) is 6.01. The second-order valence-electron chi connectivity index (χ2n) is 8.25. The number of imide groups is 1. The standard InChI is InChI=1S/C27H18ClN3O5S/c1-36-22-11-6-15(12-16(22)14-30-24(33)19-4-2-3-5-20(19)25(30)34)13-21-23(32)29-27(37)31(26(21)35)18-9-7-17(28)8-10-18/h2-13H,14H2,1H3,(H,29,32,37)/b21-13-. The van der Waals surface area contributed by atoms with E-state index in [9.17, 15) is 19.2 Å². The molecule has 2 heterocycles. The highest BCUT2D eigenvalue weighted by molar-refractivity contribution is 7.80. The zero-order valence-corrected chi connectivity index (χ0v) is 20.9. The van der Waals surface area contributed by atoms with Crippen LogP contribution in [0.1, 0.15) is 31.8 Å². The molecule has 1 saturated heterocycles. The molecule has 2 aliphatic rings. The molecule has 3 aromatic carbocycles. The Morgan fingerprint density at radius 2 is 1.57 bits per heavy atom. The fourth-order valence-electron chi connectivity index (χ4n) is 4.21. The Bertz CT molecular complexity index is 1500. The van der Waals surface area contributed by atoms with E-state index in [1.807, 2.05) is 0 Å². The van der Waals surface area contributed by atoms with E-state index in [-0.39, 0.29) is 17.2 Å². The summed E-state index contributed by atoms with van der Waals surface area (Å²) in [4.78, 5) is 54.0. The Labute approximate surface area is 222 Å². The van der Waals surface area contributed by atoms with E-state index >= 15 is 0 Å². The summed E-state index contributed by atoms with van der Waals surface area (Å²) in [5.41, 5.74) is 2.02. The van der Waals surface area contributed by atoms with Crippen LogP contribution in [0.5, 0.6) is 5.75 Å². The molecule has 5 rings (SSSR count). The van der Waals surface area contributed by atoms with E-state index in [4.69, 9.17) is 28.6 Å². The number of hydrogen-bond acceptors (Lipinski definition) is 6. The summed E-state index contributed by atoms with van der Waals surface area (Å²) in [6.07, 6.45) is 1.42. The van der Waals surface area contributed by atoms with Gasteiger partial charge in [0.2, 0.25) is 0 Å². The lowest BCUT2D eigenvalue weighted by Gasteiger charge is -2.29. The fraction of sp³-hybridized carbons (Fsp3) is 0.0741. The number of halogens is 1. The van der Waals surface area contributed by atoms with Gasteiger partial charge in [0.05, 0.1) is 30.5 Å². The van der Waals surface area contributed by atoms with Crippen molar-refractivity contribution < 1.29 is 23.9 Å². The molecule has 4 amide bonds. The number of methoxy groups -OCH3 is 1. The normalized spacial score (nSPS) is 16.4. The minimum Gasteiger partial charge on any atom is -0.496 e. The molecule has 0 bridgehead atoms. The number of nitrogens with one attached hydrogen (secondary N) is 1. The van der Waals surface area contributed by atoms with Gasteiger partial charge in [0.15, 0.2) is 5.11 Å². The Morgan fingerprint density at radius 3 is 2.19 bits per heavy atom. The van der Waals surface area contributed by atoms with Gasteiger partial charge in [-0.25, -0.2) is 0 Å². The van der Waals surface area contributed by atoms with E-state index in [0.717, 1.165) is 4.90 Å². The molecule has 8 nitrogen and oxygen atoms in total. The maximum atomic E-state index is 13.3. The molecule has 184 valence electrons. The van der Waals surface area contributed by atoms with Crippen LogP contribution < -0.4 is 15.0 Å². The Morgan fingerprint density at radius 1 is 0.919 bits per heavy atom. The predicted octanol–water partition coefficient (Wildman–Crippen LogP) is 3.98. The number of carbonyl (C=O) groups excluding carboxylic acids is 4. The predicted molar refractivity (Wildman–Crippen MR) is 141 cm³/mol. The lowest BCUT2D eigenvalue weighted by Crippen LogP contribution is -2.54. The van der Waals surface area contributed by atoms with Gasteiger partial charge < -0.3 is 4.74 Å². The molecule has 0 spiro atoms. The number of ether oxygens (including phenoxy) is 1. The van der Waals surface area contributed by atoms with E-state index in [1.54, 1.807) is 66.7 Å². The van der Waals surface area contributed by atoms with Crippen LogP contribution in [0.15, 0.2) is 72.3 Å². The molecule has 0 saturated carbocycles. The van der Waals surface area contributed by atoms with Crippen LogP contribution in [0.2, 0.25) is 5.02 Å². The molecule has 0 radical (unpaired) electrons. The summed E-state index contributed by atoms with van der Waals surface area (Å²) < 4.78 is 5.44. The molecule has 0 aromatic heterocycles. The third kappa shape index (κ3) is 4.39. The van der Waals surface area contributed by atoms with Crippen LogP contribution in [-0.4, -0.2) is 40.8 Å². The average molecular weight is 532 g/mol. The molecule has 1 N–H and O–H groups in total. The lowest BCUT2D eigenvalue weighted by atomic mass is 10.0. The van der Waals surface area contributed by atoms with Crippen molar-refractivity contribution in [2.75, 3.05) is 12.0 Å². The molecule has 37 heavy (non-hydrogen) atoms. The molecule has 2 aliphatic heterocycles. The minimum atomic E-state index is -0.641. The number of thiocarbonyl (C=S) groups is 1. The van der Waals surface area contributed by atoms with Gasteiger partial charge in [0.1, 0.15) is 11.3 Å². The van der Waals surface area contributed by atoms with Crippen molar-refractivity contribution >= 4 is 64.3 Å². The smallest absolute Gasteiger partial charge is 0.270 e. The van der Waals surface area contributed by atoms with Gasteiger partial charge in [0.25, 0.3) is 23.6 Å². The van der Waals surface area contributed by atoms with Crippen LogP contribution in [0.4, 0.5) is 5.69 Å². The van der Waals surface area contributed by atoms with E-state index in [1.165, 1.54) is 18.1 Å². The summed E-state index contributed by atoms with van der Waals surface area (Å²) in [6, 6.07) is 18.1. The summed E-state index contributed by atoms with van der Waals surface area (Å²) in [6.45, 7) is -0.0480. The Kier molecular flexibility index (Phi) is 6.32. The first-order valence-electron chi connectivity index (χ1n) is 11.1. The number of amides is 4. The first-order valence-corrected chi connectivity index (χ1v) is 11.9. The summed E-state index contributed by atoms with van der Waals surface area (Å²) in [7, 11) is 1.47. The third-order valence-corrected chi connectivity index (χ3v) is 6.55. The van der Waals surface area contributed by atoms with Gasteiger partial charge in [-0.1, -0.05) is 29.8 Å². The number of benzene rings is 3. The van der Waals surface area contributed by atoms with Gasteiger partial charge in [-0.15, -0.1) is 0 Å². The Balaban J connectivity index is 1.47. The van der Waals surface area contributed by atoms with Crippen molar-refractivity contribution in [3.05, 3.63) is 99.6 Å². The van der Waals surface area contributed by atoms with Crippen molar-refractivity contribution in [2.24, 2.45) is 0 Å². The number of hydrogen-bond donors (Lipinski definition) is 1. The number of nitrogens with zero attached hydrogens (tertiary/aromatic N) is 2. The van der Waals surface area contributed by atoms with Gasteiger partial charge in [-0.05, 0) is 72.4 Å². The average Bonchev–Trinajstić information content (AvgIpc) is 3.12. The SMILES string of the molecule is COc1ccc(/C=C2/C(=O)NC(=S)N(c3ccc(Cl)cc3)C2=O)cc1CN1C(=O)c2ccccc2C1=O. The van der Waals surface area contributed by atoms with Crippen LogP contribution in [-0.2, 0) is 16.1 Å². The minimum absolute atomic E-state index is 0.0458. The molecule has 0 atom stereocenters. The van der Waals surface area contributed by atoms with Crippen molar-refractivity contribution in [3.63, 3.8) is 0 Å². The lowest BCUT2D eigenvalue weighted by molar-refractivity contribution is -0.122. The summed E-state index contributed by atoms with van der Waals surface area (Å²) in [5.74, 6) is -1.60. The molecular formula is C27H18ClN3O5S. The number of rotatable bonds is 5. The number of fused-ring (bicyclic) bond motifs is 1. The van der Waals surface area contributed by atoms with Gasteiger partial charge in [-0.2, -0.15) is 0 Å². The zero-order chi connectivity index (χ0) is 26.3. The molecule has 0 unspecified atom stereocenters. The molecule has 3 aromatic rings. The molecular weight excluding hydrogens is 514 g/mol. The fourth-order valence-corrected chi connectivity index (χ4v) is 4.62. The van der Waals surface area contributed by atoms with Crippen molar-refractivity contribution in [1.29, 1.82) is 0 Å². The van der Waals surface area contributed by atoms with Crippen molar-refractivity contribution in [1.82, 2.24) is 10.2 Å². The highest BCUT2D eigenvalue weighted by atomic mass is 35.5. The first kappa shape index (κ1) is 24.4. The second kappa shape index (κ2) is 9.61. The Hall–Kier alpha value is -4.34. The largest absolute Gasteiger partial charge is 0.496 e. The zero-order valence-electron chi connectivity index (χ0n) is 19.4. The quantitative estimate of drug-likeness (QED) is 0.232. The van der Waals surface area contributed by atoms with E-state index in [0.29, 0.717) is 38.7 Å². The monoisotopic (exact) mass is 531 g/mol. The molecule has 0 aliphatic carbocycles. The van der Waals surface area contributed by atoms with E-state index in [2.05, 4.69) is 5.32 Å². The van der Waals surface area contributed by atoms with Crippen LogP contribution in [0.25, 0.3) is 6.08 Å². The van der Waals surface area contributed by atoms with Crippen LogP contribution >= 0.6 is 23.8 Å². The molecule has 1 fully saturated rings. The van der Waals surface area contributed by atoms with Crippen LogP contribution in [0, 0.1) is 0 Å². The highest BCUT2D eigenvalue weighted by Crippen LogP contribution is 2.29. The topological polar surface area (TPSA) is 96.0 Å². The van der Waals surface area contributed by atoms with Crippen molar-refractivity contribution in [3.8, 4) is 5.75 Å². The van der Waals surface area contributed by atoms with E-state index < -0.39 is 23.6 Å². The maximum absolute atomic E-state index is 13.3. The maximum Gasteiger partial charge on any atom is 0.270 e. The molecule has 10 heteroatoms. The second-order valence-corrected chi connectivity index (χ2v) is 9.07. The number of carbonyl (C=O) groups is 4. The van der Waals surface area contributed by atoms with Gasteiger partial charge in [0, 0.05) is 10.6 Å². The van der Waals surface area contributed by atoms with Gasteiger partial charge in [-0.3, -0.25) is 34.3 Å².